The molecule has 0 aliphatic heterocycles. The van der Waals surface area contributed by atoms with E-state index in [0.717, 1.165) is 12.1 Å². The van der Waals surface area contributed by atoms with E-state index < -0.39 is 11.9 Å². The van der Waals surface area contributed by atoms with E-state index >= 15 is 0 Å². The topological polar surface area (TPSA) is 109 Å². The number of carboxylic acid groups (broad SMARTS) is 2. The predicted octanol–water partition coefficient (Wildman–Crippen LogP) is 1.86. The Kier molecular flexibility index (Phi) is 3.30. The average Bonchev–Trinajstić information content (AvgIpc) is 2.44. The molecule has 0 fully saturated rings. The highest BCUT2D eigenvalue weighted by atomic mass is 16.4. The number of rotatable bonds is 4. The van der Waals surface area contributed by atoms with Gasteiger partial charge in [-0.15, -0.1) is 0 Å². The number of benzene rings is 2. The molecule has 6 heteroatoms. The molecule has 2 rings (SSSR count). The lowest BCUT2D eigenvalue weighted by atomic mass is 9.92. The van der Waals surface area contributed by atoms with Crippen LogP contribution in [0.5, 0.6) is 0 Å². The summed E-state index contributed by atoms with van der Waals surface area (Å²) in [5.74, 6) is -2.61. The highest BCUT2D eigenvalue weighted by Crippen LogP contribution is 2.28. The molecule has 6 nitrogen and oxygen atoms in total. The minimum absolute atomic E-state index is 0.0195. The van der Waals surface area contributed by atoms with Crippen LogP contribution in [0.1, 0.15) is 41.4 Å². The molecular formula is C14H8O6. The molecule has 2 aromatic rings. The van der Waals surface area contributed by atoms with Gasteiger partial charge in [-0.25, -0.2) is 9.59 Å². The Hall–Kier alpha value is -3.02. The fourth-order valence-corrected chi connectivity index (χ4v) is 2.10. The van der Waals surface area contributed by atoms with Crippen LogP contribution >= 0.6 is 0 Å². The molecule has 0 atom stereocenters. The quantitative estimate of drug-likeness (QED) is 0.822. The minimum atomic E-state index is -1.31. The largest absolute Gasteiger partial charge is 0.478 e. The van der Waals surface area contributed by atoms with Crippen molar-refractivity contribution in [2.24, 2.45) is 0 Å². The van der Waals surface area contributed by atoms with E-state index in [0.29, 0.717) is 12.6 Å². The molecule has 0 amide bonds. The number of aromatic carboxylic acids is 2. The monoisotopic (exact) mass is 272 g/mol. The molecule has 2 N–H and O–H groups in total. The Balaban J connectivity index is 3.12. The van der Waals surface area contributed by atoms with Gasteiger partial charge < -0.3 is 10.2 Å². The van der Waals surface area contributed by atoms with Crippen molar-refractivity contribution >= 4 is 35.3 Å². The van der Waals surface area contributed by atoms with Gasteiger partial charge in [0, 0.05) is 21.9 Å². The number of hydrogen-bond acceptors (Lipinski definition) is 4. The third-order valence-electron chi connectivity index (χ3n) is 2.94. The summed E-state index contributed by atoms with van der Waals surface area (Å²) in [7, 11) is 0. The Morgan fingerprint density at radius 1 is 0.750 bits per heavy atom. The maximum absolute atomic E-state index is 11.2. The fraction of sp³-hybridized carbons (Fsp3) is 0. The molecule has 0 aliphatic rings. The number of hydrogen-bond donors (Lipinski definition) is 2. The van der Waals surface area contributed by atoms with Crippen LogP contribution in [0.25, 0.3) is 10.8 Å². The molecule has 0 bridgehead atoms. The van der Waals surface area contributed by atoms with Crippen LogP contribution < -0.4 is 0 Å². The first kappa shape index (κ1) is 13.4. The summed E-state index contributed by atoms with van der Waals surface area (Å²) in [6.07, 6.45) is 0.851. The van der Waals surface area contributed by atoms with E-state index in [1.807, 2.05) is 0 Å². The lowest BCUT2D eigenvalue weighted by Gasteiger charge is -2.10. The molecule has 0 saturated heterocycles. The summed E-state index contributed by atoms with van der Waals surface area (Å²) in [6.45, 7) is 0. The highest BCUT2D eigenvalue weighted by molar-refractivity contribution is 6.19. The second kappa shape index (κ2) is 4.93. The average molecular weight is 272 g/mol. The number of fused-ring (bicyclic) bond motifs is 1. The summed E-state index contributed by atoms with van der Waals surface area (Å²) in [4.78, 5) is 44.5. The van der Waals surface area contributed by atoms with E-state index in [1.165, 1.54) is 12.1 Å². The molecule has 0 spiro atoms. The standard InChI is InChI=1S/C14H8O6/c15-5-7-1-2-8(6-16)12-10(14(19)20)4-3-9(11(7)12)13(17)18/h1-6H,(H,17,18)(H,19,20). The van der Waals surface area contributed by atoms with Gasteiger partial charge in [0.1, 0.15) is 0 Å². The first-order valence-electron chi connectivity index (χ1n) is 5.48. The maximum Gasteiger partial charge on any atom is 0.336 e. The molecule has 100 valence electrons. The van der Waals surface area contributed by atoms with E-state index in [2.05, 4.69) is 0 Å². The van der Waals surface area contributed by atoms with E-state index in [-0.39, 0.29) is 33.0 Å². The molecule has 0 unspecified atom stereocenters. The molecule has 2 aromatic carbocycles. The van der Waals surface area contributed by atoms with Crippen LogP contribution in [0.4, 0.5) is 0 Å². The Morgan fingerprint density at radius 3 is 1.35 bits per heavy atom. The van der Waals surface area contributed by atoms with Gasteiger partial charge in [-0.2, -0.15) is 0 Å². The number of carboxylic acids is 2. The Labute approximate surface area is 112 Å². The highest BCUT2D eigenvalue weighted by Gasteiger charge is 2.20. The van der Waals surface area contributed by atoms with Crippen molar-refractivity contribution in [2.45, 2.75) is 0 Å². The van der Waals surface area contributed by atoms with Gasteiger partial charge in [0.05, 0.1) is 11.1 Å². The zero-order valence-electron chi connectivity index (χ0n) is 9.99. The maximum atomic E-state index is 11.2. The molecule has 0 radical (unpaired) electrons. The van der Waals surface area contributed by atoms with Crippen LogP contribution in [0.3, 0.4) is 0 Å². The first-order valence-corrected chi connectivity index (χ1v) is 5.48. The minimum Gasteiger partial charge on any atom is -0.478 e. The van der Waals surface area contributed by atoms with Gasteiger partial charge in [-0.3, -0.25) is 9.59 Å². The van der Waals surface area contributed by atoms with Crippen molar-refractivity contribution in [2.75, 3.05) is 0 Å². The van der Waals surface area contributed by atoms with Crippen molar-refractivity contribution < 1.29 is 29.4 Å². The molecule has 20 heavy (non-hydrogen) atoms. The summed E-state index contributed by atoms with van der Waals surface area (Å²) in [6, 6.07) is 4.79. The van der Waals surface area contributed by atoms with Crippen LogP contribution in [-0.2, 0) is 0 Å². The summed E-state index contributed by atoms with van der Waals surface area (Å²) in [5.41, 5.74) is -0.413. The van der Waals surface area contributed by atoms with Gasteiger partial charge >= 0.3 is 11.9 Å². The normalized spacial score (nSPS) is 10.2. The van der Waals surface area contributed by atoms with Crippen LogP contribution in [-0.4, -0.2) is 34.7 Å². The second-order valence-corrected chi connectivity index (χ2v) is 4.00. The SMILES string of the molecule is O=Cc1ccc(C=O)c2c(C(=O)O)ccc(C(=O)O)c12. The van der Waals surface area contributed by atoms with Crippen LogP contribution in [0, 0.1) is 0 Å². The van der Waals surface area contributed by atoms with Crippen molar-refractivity contribution in [3.63, 3.8) is 0 Å². The van der Waals surface area contributed by atoms with Crippen LogP contribution in [0.15, 0.2) is 24.3 Å². The number of carbonyl (C=O) groups is 4. The zero-order chi connectivity index (χ0) is 14.9. The molecule has 0 aliphatic carbocycles. The summed E-state index contributed by atoms with van der Waals surface area (Å²) >= 11 is 0. The summed E-state index contributed by atoms with van der Waals surface area (Å²) in [5, 5.41) is 18.2. The smallest absolute Gasteiger partial charge is 0.336 e. The van der Waals surface area contributed by atoms with Gasteiger partial charge in [-0.05, 0) is 12.1 Å². The number of carbonyl (C=O) groups excluding carboxylic acids is 2. The predicted molar refractivity (Wildman–Crippen MR) is 68.6 cm³/mol. The van der Waals surface area contributed by atoms with Gasteiger partial charge in [0.2, 0.25) is 0 Å². The second-order valence-electron chi connectivity index (χ2n) is 4.00. The van der Waals surface area contributed by atoms with Gasteiger partial charge in [0.15, 0.2) is 12.6 Å². The van der Waals surface area contributed by atoms with Crippen molar-refractivity contribution in [3.05, 3.63) is 46.5 Å². The Morgan fingerprint density at radius 2 is 1.10 bits per heavy atom. The third kappa shape index (κ3) is 1.93. The Bertz CT molecular complexity index is 695. The van der Waals surface area contributed by atoms with Crippen molar-refractivity contribution in [1.82, 2.24) is 0 Å². The first-order chi connectivity index (χ1) is 9.51. The molecule has 0 aromatic heterocycles. The van der Waals surface area contributed by atoms with E-state index in [1.54, 1.807) is 0 Å². The van der Waals surface area contributed by atoms with Crippen molar-refractivity contribution in [1.29, 1.82) is 0 Å². The van der Waals surface area contributed by atoms with E-state index in [9.17, 15) is 19.2 Å². The lowest BCUT2D eigenvalue weighted by Crippen LogP contribution is -2.06. The molecule has 0 saturated carbocycles. The van der Waals surface area contributed by atoms with Gasteiger partial charge in [0.25, 0.3) is 0 Å². The summed E-state index contributed by atoms with van der Waals surface area (Å²) < 4.78 is 0. The number of aldehydes is 2. The third-order valence-corrected chi connectivity index (χ3v) is 2.94. The van der Waals surface area contributed by atoms with E-state index in [4.69, 9.17) is 10.2 Å². The fourth-order valence-electron chi connectivity index (χ4n) is 2.10. The van der Waals surface area contributed by atoms with Gasteiger partial charge in [-0.1, -0.05) is 12.1 Å². The van der Waals surface area contributed by atoms with Crippen molar-refractivity contribution in [3.8, 4) is 0 Å². The molecular weight excluding hydrogens is 264 g/mol. The lowest BCUT2D eigenvalue weighted by molar-refractivity contribution is 0.0684. The van der Waals surface area contributed by atoms with Crippen LogP contribution in [0.2, 0.25) is 0 Å². The molecule has 0 heterocycles. The zero-order valence-corrected chi connectivity index (χ0v) is 9.99.